The molecule has 0 bridgehead atoms. The van der Waals surface area contributed by atoms with Gasteiger partial charge in [-0.25, -0.2) is 4.79 Å². The van der Waals surface area contributed by atoms with Crippen LogP contribution < -0.4 is 0 Å². The molecule has 0 spiro atoms. The molecule has 188 valence electrons. The SMILES string of the molecule is CC(=NOCc1ccc(-c2ccccc2)c(C(F)(F)F)c1)c1ccc(CN2CC(OC(=O)O)C2)cc1. The van der Waals surface area contributed by atoms with Crippen molar-refractivity contribution in [3.05, 3.63) is 95.1 Å². The van der Waals surface area contributed by atoms with Gasteiger partial charge >= 0.3 is 12.3 Å². The molecular weight excluding hydrogens is 473 g/mol. The van der Waals surface area contributed by atoms with E-state index in [1.807, 2.05) is 24.3 Å². The van der Waals surface area contributed by atoms with Gasteiger partial charge in [-0.15, -0.1) is 0 Å². The van der Waals surface area contributed by atoms with E-state index in [4.69, 9.17) is 14.7 Å². The Hall–Kier alpha value is -3.85. The van der Waals surface area contributed by atoms with E-state index in [1.165, 1.54) is 6.07 Å². The van der Waals surface area contributed by atoms with Crippen molar-refractivity contribution in [2.75, 3.05) is 13.1 Å². The quantitative estimate of drug-likeness (QED) is 0.228. The average Bonchev–Trinajstić information content (AvgIpc) is 2.83. The Balaban J connectivity index is 1.35. The molecule has 1 saturated heterocycles. The first-order chi connectivity index (χ1) is 17.2. The van der Waals surface area contributed by atoms with Gasteiger partial charge in [0.1, 0.15) is 12.7 Å². The summed E-state index contributed by atoms with van der Waals surface area (Å²) in [6, 6.07) is 20.3. The number of carbonyl (C=O) groups is 1. The summed E-state index contributed by atoms with van der Waals surface area (Å²) in [6.07, 6.45) is -6.04. The van der Waals surface area contributed by atoms with Gasteiger partial charge in [-0.2, -0.15) is 13.2 Å². The lowest BCUT2D eigenvalue weighted by Crippen LogP contribution is -2.52. The highest BCUT2D eigenvalue weighted by Gasteiger charge is 2.34. The molecular formula is C27H25F3N2O4. The zero-order chi connectivity index (χ0) is 25.7. The fourth-order valence-electron chi connectivity index (χ4n) is 4.02. The largest absolute Gasteiger partial charge is 0.506 e. The Labute approximate surface area is 206 Å². The molecule has 4 rings (SSSR count). The highest BCUT2D eigenvalue weighted by Crippen LogP contribution is 2.37. The van der Waals surface area contributed by atoms with Gasteiger partial charge < -0.3 is 14.7 Å². The molecule has 0 radical (unpaired) electrons. The third kappa shape index (κ3) is 6.42. The molecule has 1 aliphatic rings. The third-order valence-corrected chi connectivity index (χ3v) is 5.88. The number of nitrogens with zero attached hydrogens (tertiary/aromatic N) is 2. The van der Waals surface area contributed by atoms with Crippen molar-refractivity contribution in [2.24, 2.45) is 5.16 Å². The molecule has 3 aromatic rings. The number of hydrogen-bond donors (Lipinski definition) is 1. The van der Waals surface area contributed by atoms with Crippen LogP contribution in [0.4, 0.5) is 18.0 Å². The Kier molecular flexibility index (Phi) is 7.59. The lowest BCUT2D eigenvalue weighted by Gasteiger charge is -2.37. The van der Waals surface area contributed by atoms with E-state index in [-0.39, 0.29) is 18.3 Å². The van der Waals surface area contributed by atoms with Crippen LogP contribution in [0.1, 0.15) is 29.2 Å². The van der Waals surface area contributed by atoms with Crippen molar-refractivity contribution in [1.82, 2.24) is 4.90 Å². The average molecular weight is 499 g/mol. The predicted octanol–water partition coefficient (Wildman–Crippen LogP) is 6.19. The monoisotopic (exact) mass is 498 g/mol. The second-order valence-corrected chi connectivity index (χ2v) is 8.59. The van der Waals surface area contributed by atoms with Crippen molar-refractivity contribution in [3.63, 3.8) is 0 Å². The summed E-state index contributed by atoms with van der Waals surface area (Å²) >= 11 is 0. The van der Waals surface area contributed by atoms with E-state index >= 15 is 0 Å². The van der Waals surface area contributed by atoms with E-state index < -0.39 is 17.9 Å². The van der Waals surface area contributed by atoms with Crippen LogP contribution in [0.15, 0.2) is 78.0 Å². The lowest BCUT2D eigenvalue weighted by atomic mass is 9.97. The lowest BCUT2D eigenvalue weighted by molar-refractivity contribution is -0.137. The molecule has 0 saturated carbocycles. The van der Waals surface area contributed by atoms with Crippen LogP contribution in [-0.2, 0) is 28.9 Å². The van der Waals surface area contributed by atoms with Crippen molar-refractivity contribution < 1.29 is 32.6 Å². The Bertz CT molecular complexity index is 1220. The second-order valence-electron chi connectivity index (χ2n) is 8.59. The summed E-state index contributed by atoms with van der Waals surface area (Å²) in [5, 5.41) is 12.7. The summed E-state index contributed by atoms with van der Waals surface area (Å²) in [5.41, 5.74) is 2.75. The van der Waals surface area contributed by atoms with Gasteiger partial charge in [0.05, 0.1) is 11.3 Å². The minimum absolute atomic E-state index is 0.0951. The molecule has 1 heterocycles. The number of halogens is 3. The van der Waals surface area contributed by atoms with E-state index in [9.17, 15) is 18.0 Å². The number of hydrogen-bond acceptors (Lipinski definition) is 5. The Morgan fingerprint density at radius 3 is 2.33 bits per heavy atom. The summed E-state index contributed by atoms with van der Waals surface area (Å²) in [5.74, 6) is 0. The van der Waals surface area contributed by atoms with Gasteiger partial charge in [-0.3, -0.25) is 4.90 Å². The van der Waals surface area contributed by atoms with Crippen molar-refractivity contribution >= 4 is 11.9 Å². The normalized spacial score (nSPS) is 14.8. The van der Waals surface area contributed by atoms with E-state index in [0.29, 0.717) is 36.5 Å². The Morgan fingerprint density at radius 1 is 1.03 bits per heavy atom. The zero-order valence-electron chi connectivity index (χ0n) is 19.5. The van der Waals surface area contributed by atoms with Crippen LogP contribution in [0.3, 0.4) is 0 Å². The smallest absolute Gasteiger partial charge is 0.450 e. The molecule has 0 amide bonds. The molecule has 0 aliphatic carbocycles. The fraction of sp³-hybridized carbons (Fsp3) is 0.259. The maximum Gasteiger partial charge on any atom is 0.506 e. The van der Waals surface area contributed by atoms with Crippen LogP contribution in [0, 0.1) is 0 Å². The number of likely N-dealkylation sites (tertiary alicyclic amines) is 1. The molecule has 1 aliphatic heterocycles. The topological polar surface area (TPSA) is 71.4 Å². The van der Waals surface area contributed by atoms with Crippen molar-refractivity contribution in [1.29, 1.82) is 0 Å². The van der Waals surface area contributed by atoms with Crippen LogP contribution >= 0.6 is 0 Å². The molecule has 1 fully saturated rings. The summed E-state index contributed by atoms with van der Waals surface area (Å²) in [6.45, 7) is 3.46. The number of ether oxygens (including phenoxy) is 1. The minimum atomic E-state index is -4.50. The van der Waals surface area contributed by atoms with Gasteiger partial charge in [0, 0.05) is 19.6 Å². The number of carboxylic acid groups (broad SMARTS) is 1. The van der Waals surface area contributed by atoms with Gasteiger partial charge in [0.15, 0.2) is 0 Å². The first kappa shape index (κ1) is 25.2. The number of rotatable bonds is 8. The molecule has 36 heavy (non-hydrogen) atoms. The van der Waals surface area contributed by atoms with Crippen LogP contribution in [-0.4, -0.2) is 41.1 Å². The number of oxime groups is 1. The molecule has 9 heteroatoms. The summed E-state index contributed by atoms with van der Waals surface area (Å²) < 4.78 is 45.8. The van der Waals surface area contributed by atoms with E-state index in [1.54, 1.807) is 43.3 Å². The third-order valence-electron chi connectivity index (χ3n) is 5.88. The highest BCUT2D eigenvalue weighted by molar-refractivity contribution is 5.98. The van der Waals surface area contributed by atoms with Gasteiger partial charge in [-0.1, -0.05) is 71.9 Å². The number of alkyl halides is 3. The maximum atomic E-state index is 13.7. The fourth-order valence-corrected chi connectivity index (χ4v) is 4.02. The Morgan fingerprint density at radius 2 is 1.69 bits per heavy atom. The first-order valence-electron chi connectivity index (χ1n) is 11.3. The first-order valence-corrected chi connectivity index (χ1v) is 11.3. The molecule has 0 unspecified atom stereocenters. The van der Waals surface area contributed by atoms with Crippen LogP contribution in [0.2, 0.25) is 0 Å². The molecule has 1 N–H and O–H groups in total. The van der Waals surface area contributed by atoms with E-state index in [0.717, 1.165) is 17.2 Å². The van der Waals surface area contributed by atoms with Crippen molar-refractivity contribution in [2.45, 2.75) is 32.4 Å². The standard InChI is InChI=1S/C27H25F3N2O4/c1-18(21-10-7-19(8-11-21)14-32-15-23(16-32)36-26(33)34)31-35-17-20-9-12-24(22-5-3-2-4-6-22)25(13-20)27(28,29)30/h2-13,23H,14-17H2,1H3,(H,33,34). The van der Waals surface area contributed by atoms with Gasteiger partial charge in [0.25, 0.3) is 0 Å². The maximum absolute atomic E-state index is 13.7. The van der Waals surface area contributed by atoms with Gasteiger partial charge in [-0.05, 0) is 40.8 Å². The van der Waals surface area contributed by atoms with Crippen molar-refractivity contribution in [3.8, 4) is 11.1 Å². The predicted molar refractivity (Wildman–Crippen MR) is 128 cm³/mol. The minimum Gasteiger partial charge on any atom is -0.450 e. The molecule has 3 aromatic carbocycles. The molecule has 0 aromatic heterocycles. The number of benzene rings is 3. The summed E-state index contributed by atoms with van der Waals surface area (Å²) in [4.78, 5) is 18.0. The molecule has 6 nitrogen and oxygen atoms in total. The zero-order valence-corrected chi connectivity index (χ0v) is 19.5. The second kappa shape index (κ2) is 10.8. The summed E-state index contributed by atoms with van der Waals surface area (Å²) in [7, 11) is 0. The van der Waals surface area contributed by atoms with Gasteiger partial charge in [0.2, 0.25) is 0 Å². The van der Waals surface area contributed by atoms with E-state index in [2.05, 4.69) is 10.1 Å². The van der Waals surface area contributed by atoms with Crippen LogP contribution in [0.25, 0.3) is 11.1 Å². The highest BCUT2D eigenvalue weighted by atomic mass is 19.4. The van der Waals surface area contributed by atoms with Crippen LogP contribution in [0.5, 0.6) is 0 Å². The molecule has 0 atom stereocenters.